The maximum atomic E-state index is 12.7. The molecule has 0 aliphatic heterocycles. The number of ether oxygens (including phenoxy) is 2. The number of nitrogens with one attached hydrogen (secondary N) is 1. The van der Waals surface area contributed by atoms with E-state index in [1.807, 2.05) is 51.1 Å². The third-order valence-electron chi connectivity index (χ3n) is 4.23. The van der Waals surface area contributed by atoms with Crippen LogP contribution >= 0.6 is 11.6 Å². The number of halogens is 1. The number of pyridine rings is 1. The fourth-order valence-corrected chi connectivity index (χ4v) is 2.99. The summed E-state index contributed by atoms with van der Waals surface area (Å²) in [6.45, 7) is 5.76. The molecule has 156 valence electrons. The number of nitrogen functional groups attached to an aromatic ring is 1. The first-order chi connectivity index (χ1) is 14.3. The van der Waals surface area contributed by atoms with Gasteiger partial charge in [0.2, 0.25) is 0 Å². The van der Waals surface area contributed by atoms with Crippen LogP contribution < -0.4 is 20.5 Å². The van der Waals surface area contributed by atoms with Crippen LogP contribution in [-0.2, 0) is 0 Å². The number of hydrogen-bond donors (Lipinski definition) is 2. The van der Waals surface area contributed by atoms with Gasteiger partial charge in [-0.05, 0) is 56.7 Å². The molecule has 3 rings (SSSR count). The molecule has 0 bridgehead atoms. The summed E-state index contributed by atoms with van der Waals surface area (Å²) in [6, 6.07) is 16.1. The molecule has 30 heavy (non-hydrogen) atoms. The standard InChI is InChI=1S/C23H24ClN3O3/c1-14(2)29-20-9-5-7-17(11-20)23(28)27-19-8-4-6-16(10-19)15(3)30-21-12-18(24)13-26-22(21)25/h4-15H,1-3H3,(H2,25,26)(H,27,28)/t15-/m1/s1. The van der Waals surface area contributed by atoms with Gasteiger partial charge in [-0.3, -0.25) is 4.79 Å². The summed E-state index contributed by atoms with van der Waals surface area (Å²) in [5.74, 6) is 1.10. The number of anilines is 2. The predicted octanol–water partition coefficient (Wildman–Crippen LogP) is 5.50. The van der Waals surface area contributed by atoms with E-state index in [0.29, 0.717) is 27.8 Å². The monoisotopic (exact) mass is 425 g/mol. The lowest BCUT2D eigenvalue weighted by Gasteiger charge is -2.17. The number of hydrogen-bond acceptors (Lipinski definition) is 5. The molecule has 0 aliphatic rings. The smallest absolute Gasteiger partial charge is 0.255 e. The van der Waals surface area contributed by atoms with Gasteiger partial charge >= 0.3 is 0 Å². The van der Waals surface area contributed by atoms with E-state index < -0.39 is 0 Å². The van der Waals surface area contributed by atoms with Crippen molar-refractivity contribution in [3.8, 4) is 11.5 Å². The van der Waals surface area contributed by atoms with Gasteiger partial charge in [-0.1, -0.05) is 29.8 Å². The maximum absolute atomic E-state index is 12.7. The van der Waals surface area contributed by atoms with Crippen LogP contribution in [0.3, 0.4) is 0 Å². The van der Waals surface area contributed by atoms with Crippen molar-refractivity contribution in [2.75, 3.05) is 11.1 Å². The molecule has 1 atom stereocenters. The Labute approximate surface area is 181 Å². The van der Waals surface area contributed by atoms with Crippen molar-refractivity contribution in [1.29, 1.82) is 0 Å². The summed E-state index contributed by atoms with van der Waals surface area (Å²) in [4.78, 5) is 16.7. The number of nitrogens with zero attached hydrogens (tertiary/aromatic N) is 1. The van der Waals surface area contributed by atoms with Gasteiger partial charge < -0.3 is 20.5 Å². The summed E-state index contributed by atoms with van der Waals surface area (Å²) < 4.78 is 11.6. The highest BCUT2D eigenvalue weighted by Gasteiger charge is 2.13. The minimum Gasteiger partial charge on any atom is -0.491 e. The Morgan fingerprint density at radius 3 is 2.60 bits per heavy atom. The summed E-state index contributed by atoms with van der Waals surface area (Å²) in [5.41, 5.74) is 7.89. The highest BCUT2D eigenvalue weighted by Crippen LogP contribution is 2.29. The first-order valence-electron chi connectivity index (χ1n) is 9.57. The van der Waals surface area contributed by atoms with E-state index in [-0.39, 0.29) is 23.9 Å². The van der Waals surface area contributed by atoms with Gasteiger partial charge in [-0.25, -0.2) is 4.98 Å². The van der Waals surface area contributed by atoms with Gasteiger partial charge in [0, 0.05) is 23.5 Å². The van der Waals surface area contributed by atoms with Crippen molar-refractivity contribution in [3.05, 3.63) is 76.9 Å². The molecule has 0 saturated carbocycles. The lowest BCUT2D eigenvalue weighted by atomic mass is 10.1. The molecule has 3 N–H and O–H groups in total. The molecule has 0 saturated heterocycles. The second kappa shape index (κ2) is 9.50. The Kier molecular flexibility index (Phi) is 6.79. The Morgan fingerprint density at radius 1 is 1.07 bits per heavy atom. The van der Waals surface area contributed by atoms with Gasteiger partial charge in [-0.15, -0.1) is 0 Å². The molecular formula is C23H24ClN3O3. The minimum atomic E-state index is -0.327. The predicted molar refractivity (Wildman–Crippen MR) is 119 cm³/mol. The third-order valence-corrected chi connectivity index (χ3v) is 4.44. The van der Waals surface area contributed by atoms with Gasteiger partial charge in [0.1, 0.15) is 11.9 Å². The second-order valence-corrected chi connectivity index (χ2v) is 7.51. The van der Waals surface area contributed by atoms with E-state index in [2.05, 4.69) is 10.3 Å². The lowest BCUT2D eigenvalue weighted by Crippen LogP contribution is -2.13. The van der Waals surface area contributed by atoms with Crippen LogP contribution in [0.25, 0.3) is 0 Å². The second-order valence-electron chi connectivity index (χ2n) is 7.07. The van der Waals surface area contributed by atoms with Crippen LogP contribution in [0.2, 0.25) is 5.02 Å². The van der Waals surface area contributed by atoms with Crippen LogP contribution in [0.4, 0.5) is 11.5 Å². The Bertz CT molecular complexity index is 1040. The fourth-order valence-electron chi connectivity index (χ4n) is 2.84. The summed E-state index contributed by atoms with van der Waals surface area (Å²) in [5, 5.41) is 3.35. The molecule has 0 radical (unpaired) electrons. The van der Waals surface area contributed by atoms with Crippen molar-refractivity contribution >= 4 is 29.0 Å². The number of amides is 1. The Hall–Kier alpha value is -3.25. The molecule has 0 aliphatic carbocycles. The average molecular weight is 426 g/mol. The summed E-state index contributed by atoms with van der Waals surface area (Å²) >= 11 is 5.97. The van der Waals surface area contributed by atoms with Crippen molar-refractivity contribution in [3.63, 3.8) is 0 Å². The summed E-state index contributed by atoms with van der Waals surface area (Å²) in [7, 11) is 0. The Morgan fingerprint density at radius 2 is 1.83 bits per heavy atom. The number of benzene rings is 2. The molecule has 0 unspecified atom stereocenters. The molecule has 3 aromatic rings. The van der Waals surface area contributed by atoms with E-state index in [9.17, 15) is 4.79 Å². The van der Waals surface area contributed by atoms with Crippen LogP contribution in [0, 0.1) is 0 Å². The summed E-state index contributed by atoms with van der Waals surface area (Å²) in [6.07, 6.45) is 1.17. The van der Waals surface area contributed by atoms with Crippen molar-refractivity contribution < 1.29 is 14.3 Å². The quantitative estimate of drug-likeness (QED) is 0.522. The molecule has 2 aromatic carbocycles. The largest absolute Gasteiger partial charge is 0.491 e. The molecule has 0 spiro atoms. The third kappa shape index (κ3) is 5.64. The number of aromatic nitrogens is 1. The molecule has 1 heterocycles. The van der Waals surface area contributed by atoms with Crippen LogP contribution in [-0.4, -0.2) is 17.0 Å². The molecule has 0 fully saturated rings. The molecule has 1 aromatic heterocycles. The molecule has 7 heteroatoms. The first-order valence-corrected chi connectivity index (χ1v) is 9.95. The van der Waals surface area contributed by atoms with E-state index in [4.69, 9.17) is 26.8 Å². The van der Waals surface area contributed by atoms with Gasteiger partial charge in [0.15, 0.2) is 11.6 Å². The number of carbonyl (C=O) groups is 1. The highest BCUT2D eigenvalue weighted by atomic mass is 35.5. The van der Waals surface area contributed by atoms with E-state index in [0.717, 1.165) is 5.56 Å². The van der Waals surface area contributed by atoms with E-state index in [1.165, 1.54) is 6.20 Å². The van der Waals surface area contributed by atoms with Gasteiger partial charge in [0.25, 0.3) is 5.91 Å². The van der Waals surface area contributed by atoms with Crippen LogP contribution in [0.5, 0.6) is 11.5 Å². The van der Waals surface area contributed by atoms with Crippen LogP contribution in [0.1, 0.15) is 42.8 Å². The van der Waals surface area contributed by atoms with Gasteiger partial charge in [-0.2, -0.15) is 0 Å². The van der Waals surface area contributed by atoms with Crippen molar-refractivity contribution in [2.45, 2.75) is 33.0 Å². The van der Waals surface area contributed by atoms with E-state index in [1.54, 1.807) is 24.3 Å². The zero-order chi connectivity index (χ0) is 21.7. The number of rotatable bonds is 7. The first kappa shape index (κ1) is 21.5. The van der Waals surface area contributed by atoms with E-state index >= 15 is 0 Å². The number of carbonyl (C=O) groups excluding carboxylic acids is 1. The van der Waals surface area contributed by atoms with Gasteiger partial charge in [0.05, 0.1) is 11.1 Å². The normalized spacial score (nSPS) is 11.8. The average Bonchev–Trinajstić information content (AvgIpc) is 2.70. The topological polar surface area (TPSA) is 86.5 Å². The molecule has 1 amide bonds. The SMILES string of the molecule is CC(C)Oc1cccc(C(=O)Nc2cccc([C@@H](C)Oc3cc(Cl)cnc3N)c2)c1. The Balaban J connectivity index is 1.72. The maximum Gasteiger partial charge on any atom is 0.255 e. The van der Waals surface area contributed by atoms with Crippen molar-refractivity contribution in [2.24, 2.45) is 0 Å². The fraction of sp³-hybridized carbons (Fsp3) is 0.217. The lowest BCUT2D eigenvalue weighted by molar-refractivity contribution is 0.102. The zero-order valence-electron chi connectivity index (χ0n) is 17.1. The van der Waals surface area contributed by atoms with Crippen molar-refractivity contribution in [1.82, 2.24) is 4.98 Å². The van der Waals surface area contributed by atoms with Crippen LogP contribution in [0.15, 0.2) is 60.8 Å². The minimum absolute atomic E-state index is 0.0326. The highest BCUT2D eigenvalue weighted by molar-refractivity contribution is 6.30. The zero-order valence-corrected chi connectivity index (χ0v) is 17.8. The molecular weight excluding hydrogens is 402 g/mol. The molecule has 6 nitrogen and oxygen atoms in total. The number of nitrogens with two attached hydrogens (primary N) is 1.